The maximum atomic E-state index is 13.7. The number of thiazole rings is 1. The minimum atomic E-state index is -3.59. The largest absolute Gasteiger partial charge is 0.309 e. The van der Waals surface area contributed by atoms with Crippen molar-refractivity contribution < 1.29 is 17.6 Å². The standard InChI is InChI=1S/C25H31FN4O3S2.ClH/c1-28(2)14-7-17-30(25-27-22-13-10-20(26)18-23(22)34-25)24(31)19-8-11-21(12-9-19)35(32,33)29-15-5-3-4-6-16-29;/h8-13,18H,3-7,14-17H2,1-2H3;1H. The fraction of sp³-hybridized carbons (Fsp3) is 0.440. The van der Waals surface area contributed by atoms with E-state index in [1.54, 1.807) is 27.4 Å². The summed E-state index contributed by atoms with van der Waals surface area (Å²) in [5, 5.41) is 0.496. The van der Waals surface area contributed by atoms with Crippen LogP contribution in [-0.4, -0.2) is 68.8 Å². The van der Waals surface area contributed by atoms with E-state index in [0.29, 0.717) is 40.5 Å². The first-order valence-corrected chi connectivity index (χ1v) is 14.1. The highest BCUT2D eigenvalue weighted by Crippen LogP contribution is 2.31. The molecule has 2 heterocycles. The highest BCUT2D eigenvalue weighted by molar-refractivity contribution is 7.89. The van der Waals surface area contributed by atoms with Gasteiger partial charge in [0.05, 0.1) is 15.1 Å². The molecule has 0 atom stereocenters. The molecule has 11 heteroatoms. The van der Waals surface area contributed by atoms with Crippen LogP contribution in [0.4, 0.5) is 9.52 Å². The van der Waals surface area contributed by atoms with E-state index in [1.165, 1.54) is 35.6 Å². The van der Waals surface area contributed by atoms with E-state index in [4.69, 9.17) is 0 Å². The lowest BCUT2D eigenvalue weighted by Gasteiger charge is -2.22. The van der Waals surface area contributed by atoms with Gasteiger partial charge in [-0.05, 0) is 82.4 Å². The quantitative estimate of drug-likeness (QED) is 0.391. The van der Waals surface area contributed by atoms with Gasteiger partial charge in [0.25, 0.3) is 5.91 Å². The second kappa shape index (κ2) is 12.4. The van der Waals surface area contributed by atoms with Crippen molar-refractivity contribution in [1.29, 1.82) is 0 Å². The molecular formula is C25H32ClFN4O3S2. The molecule has 2 aromatic carbocycles. The topological polar surface area (TPSA) is 73.8 Å². The van der Waals surface area contributed by atoms with Crippen molar-refractivity contribution in [2.75, 3.05) is 45.2 Å². The molecule has 3 aromatic rings. The Kier molecular flexibility index (Phi) is 9.82. The van der Waals surface area contributed by atoms with Crippen LogP contribution in [0, 0.1) is 5.82 Å². The van der Waals surface area contributed by atoms with Crippen LogP contribution in [0.15, 0.2) is 47.4 Å². The zero-order valence-electron chi connectivity index (χ0n) is 20.5. The zero-order valence-corrected chi connectivity index (χ0v) is 23.0. The molecule has 196 valence electrons. The number of anilines is 1. The Balaban J connectivity index is 0.00000361. The second-order valence-electron chi connectivity index (χ2n) is 9.06. The Bertz CT molecular complexity index is 1270. The minimum absolute atomic E-state index is 0. The van der Waals surface area contributed by atoms with E-state index in [2.05, 4.69) is 4.98 Å². The highest BCUT2D eigenvalue weighted by Gasteiger charge is 2.26. The van der Waals surface area contributed by atoms with Crippen LogP contribution in [-0.2, 0) is 10.0 Å². The molecule has 0 spiro atoms. The van der Waals surface area contributed by atoms with Crippen LogP contribution in [0.1, 0.15) is 42.5 Å². The summed E-state index contributed by atoms with van der Waals surface area (Å²) in [5.41, 5.74) is 1.02. The summed E-state index contributed by atoms with van der Waals surface area (Å²) in [6.45, 7) is 2.28. The van der Waals surface area contributed by atoms with Crippen molar-refractivity contribution in [3.05, 3.63) is 53.8 Å². The molecule has 0 saturated carbocycles. The fourth-order valence-corrected chi connectivity index (χ4v) is 6.72. The lowest BCUT2D eigenvalue weighted by Crippen LogP contribution is -2.34. The maximum Gasteiger partial charge on any atom is 0.260 e. The molecule has 7 nitrogen and oxygen atoms in total. The van der Waals surface area contributed by atoms with Crippen LogP contribution >= 0.6 is 23.7 Å². The van der Waals surface area contributed by atoms with Crippen molar-refractivity contribution in [3.8, 4) is 0 Å². The lowest BCUT2D eigenvalue weighted by molar-refractivity contribution is 0.0986. The number of carbonyl (C=O) groups is 1. The Hall–Kier alpha value is -2.11. The SMILES string of the molecule is CN(C)CCCN(C(=O)c1ccc(S(=O)(=O)N2CCCCCC2)cc1)c1nc2ccc(F)cc2s1.Cl. The van der Waals surface area contributed by atoms with E-state index < -0.39 is 10.0 Å². The molecular weight excluding hydrogens is 523 g/mol. The van der Waals surface area contributed by atoms with Gasteiger partial charge in [-0.3, -0.25) is 9.69 Å². The van der Waals surface area contributed by atoms with Crippen LogP contribution in [0.2, 0.25) is 0 Å². The third-order valence-electron chi connectivity index (χ3n) is 6.11. The number of halogens is 2. The van der Waals surface area contributed by atoms with E-state index in [9.17, 15) is 17.6 Å². The molecule has 1 amide bonds. The van der Waals surface area contributed by atoms with Crippen molar-refractivity contribution in [1.82, 2.24) is 14.2 Å². The number of amides is 1. The third kappa shape index (κ3) is 6.60. The summed E-state index contributed by atoms with van der Waals surface area (Å²) < 4.78 is 42.1. The van der Waals surface area contributed by atoms with E-state index in [-0.39, 0.29) is 29.0 Å². The summed E-state index contributed by atoms with van der Waals surface area (Å²) >= 11 is 1.27. The molecule has 0 bridgehead atoms. The molecule has 0 aliphatic carbocycles. The van der Waals surface area contributed by atoms with Crippen LogP contribution in [0.3, 0.4) is 0 Å². The number of carbonyl (C=O) groups excluding carboxylic acids is 1. The molecule has 1 aromatic heterocycles. The van der Waals surface area contributed by atoms with Gasteiger partial charge >= 0.3 is 0 Å². The molecule has 36 heavy (non-hydrogen) atoms. The van der Waals surface area contributed by atoms with Crippen molar-refractivity contribution in [2.24, 2.45) is 0 Å². The first-order valence-electron chi connectivity index (χ1n) is 11.9. The van der Waals surface area contributed by atoms with Gasteiger partial charge in [-0.1, -0.05) is 24.2 Å². The second-order valence-corrected chi connectivity index (χ2v) is 12.0. The predicted octanol–water partition coefficient (Wildman–Crippen LogP) is 5.02. The van der Waals surface area contributed by atoms with E-state index >= 15 is 0 Å². The average Bonchev–Trinajstić information content (AvgIpc) is 3.04. The molecule has 1 fully saturated rings. The van der Waals surface area contributed by atoms with Gasteiger partial charge in [-0.2, -0.15) is 4.31 Å². The van der Waals surface area contributed by atoms with Crippen molar-refractivity contribution in [3.63, 3.8) is 0 Å². The molecule has 1 aliphatic rings. The number of benzene rings is 2. The van der Waals surface area contributed by atoms with Gasteiger partial charge in [0, 0.05) is 25.2 Å². The smallest absolute Gasteiger partial charge is 0.260 e. The Morgan fingerprint density at radius 3 is 2.33 bits per heavy atom. The number of fused-ring (bicyclic) bond motifs is 1. The minimum Gasteiger partial charge on any atom is -0.309 e. The van der Waals surface area contributed by atoms with Gasteiger partial charge in [0.15, 0.2) is 5.13 Å². The maximum absolute atomic E-state index is 13.7. The molecule has 1 saturated heterocycles. The summed E-state index contributed by atoms with van der Waals surface area (Å²) in [7, 11) is 0.348. The number of rotatable bonds is 8. The third-order valence-corrected chi connectivity index (χ3v) is 9.06. The molecule has 1 aliphatic heterocycles. The highest BCUT2D eigenvalue weighted by atomic mass is 35.5. The number of aromatic nitrogens is 1. The monoisotopic (exact) mass is 554 g/mol. The Morgan fingerprint density at radius 2 is 1.69 bits per heavy atom. The van der Waals surface area contributed by atoms with Crippen molar-refractivity contribution >= 4 is 55.0 Å². The molecule has 0 N–H and O–H groups in total. The van der Waals surface area contributed by atoms with Gasteiger partial charge in [0.2, 0.25) is 10.0 Å². The predicted molar refractivity (Wildman–Crippen MR) is 145 cm³/mol. The Labute approximate surface area is 222 Å². The van der Waals surface area contributed by atoms with E-state index in [0.717, 1.165) is 38.6 Å². The number of sulfonamides is 1. The van der Waals surface area contributed by atoms with Gasteiger partial charge in [0.1, 0.15) is 5.82 Å². The lowest BCUT2D eigenvalue weighted by atomic mass is 10.2. The molecule has 0 unspecified atom stereocenters. The first-order chi connectivity index (χ1) is 16.8. The van der Waals surface area contributed by atoms with Gasteiger partial charge in [-0.25, -0.2) is 17.8 Å². The van der Waals surface area contributed by atoms with Crippen LogP contribution in [0.25, 0.3) is 10.2 Å². The van der Waals surface area contributed by atoms with Gasteiger partial charge < -0.3 is 4.90 Å². The summed E-state index contributed by atoms with van der Waals surface area (Å²) in [5.74, 6) is -0.610. The molecule has 0 radical (unpaired) electrons. The summed E-state index contributed by atoms with van der Waals surface area (Å²) in [6, 6.07) is 10.5. The average molecular weight is 555 g/mol. The number of hydrogen-bond donors (Lipinski definition) is 0. The number of hydrogen-bond acceptors (Lipinski definition) is 6. The fourth-order valence-electron chi connectivity index (χ4n) is 4.19. The first kappa shape index (κ1) is 28.5. The van der Waals surface area contributed by atoms with E-state index in [1.807, 2.05) is 19.0 Å². The van der Waals surface area contributed by atoms with Crippen LogP contribution in [0.5, 0.6) is 0 Å². The zero-order chi connectivity index (χ0) is 25.0. The Morgan fingerprint density at radius 1 is 1.03 bits per heavy atom. The normalized spacial score (nSPS) is 15.0. The number of nitrogens with zero attached hydrogens (tertiary/aromatic N) is 4. The van der Waals surface area contributed by atoms with Crippen molar-refractivity contribution in [2.45, 2.75) is 37.0 Å². The molecule has 4 rings (SSSR count). The summed E-state index contributed by atoms with van der Waals surface area (Å²) in [6.07, 6.45) is 4.54. The van der Waals surface area contributed by atoms with Crippen LogP contribution < -0.4 is 4.90 Å². The van der Waals surface area contributed by atoms with Gasteiger partial charge in [-0.15, -0.1) is 12.4 Å². The summed E-state index contributed by atoms with van der Waals surface area (Å²) in [4.78, 5) is 21.9.